The SMILES string of the molecule is CCCCCC1=NNC(=O)C1=NNc1cccc(-c2cccc(C(=O)O)c2)c1O. The van der Waals surface area contributed by atoms with E-state index in [0.717, 1.165) is 19.3 Å². The van der Waals surface area contributed by atoms with Crippen LogP contribution in [-0.2, 0) is 4.79 Å². The Kier molecular flexibility index (Phi) is 6.23. The van der Waals surface area contributed by atoms with Gasteiger partial charge in [-0.25, -0.2) is 10.2 Å². The largest absolute Gasteiger partial charge is 0.505 e. The Balaban J connectivity index is 1.84. The standard InChI is InChI=1S/C21H22N4O4/c1-2-3-4-10-16-18(20(27)25-22-16)24-23-17-11-6-9-15(19(17)26)13-7-5-8-14(12-13)21(28)29/h5-9,11-12,23,26H,2-4,10H2,1H3,(H,28,29)(H,24,25,27). The maximum Gasteiger partial charge on any atom is 0.335 e. The maximum atomic E-state index is 12.0. The number of carbonyl (C=O) groups excluding carboxylic acids is 1. The number of carboxylic acid groups (broad SMARTS) is 1. The second kappa shape index (κ2) is 9.01. The van der Waals surface area contributed by atoms with Gasteiger partial charge in [-0.2, -0.15) is 10.2 Å². The number of carboxylic acids is 1. The van der Waals surface area contributed by atoms with Crippen LogP contribution in [0.25, 0.3) is 11.1 Å². The van der Waals surface area contributed by atoms with Crippen molar-refractivity contribution in [3.63, 3.8) is 0 Å². The molecule has 1 heterocycles. The van der Waals surface area contributed by atoms with E-state index < -0.39 is 11.9 Å². The highest BCUT2D eigenvalue weighted by molar-refractivity contribution is 6.68. The van der Waals surface area contributed by atoms with E-state index in [0.29, 0.717) is 28.9 Å². The highest BCUT2D eigenvalue weighted by Gasteiger charge is 2.24. The predicted octanol–water partition coefficient (Wildman–Crippen LogP) is 3.59. The molecule has 1 amide bonds. The van der Waals surface area contributed by atoms with Gasteiger partial charge in [-0.05, 0) is 36.6 Å². The van der Waals surface area contributed by atoms with Gasteiger partial charge >= 0.3 is 5.97 Å². The summed E-state index contributed by atoms with van der Waals surface area (Å²) in [6, 6.07) is 11.3. The highest BCUT2D eigenvalue weighted by Crippen LogP contribution is 2.35. The van der Waals surface area contributed by atoms with Gasteiger partial charge in [-0.1, -0.05) is 44.0 Å². The summed E-state index contributed by atoms with van der Waals surface area (Å²) in [6.45, 7) is 2.10. The van der Waals surface area contributed by atoms with Crippen molar-refractivity contribution in [2.75, 3.05) is 5.43 Å². The molecule has 0 aromatic heterocycles. The van der Waals surface area contributed by atoms with E-state index in [9.17, 15) is 19.8 Å². The van der Waals surface area contributed by atoms with Crippen LogP contribution in [0.5, 0.6) is 5.75 Å². The summed E-state index contributed by atoms with van der Waals surface area (Å²) in [6.07, 6.45) is 3.64. The number of nitrogens with zero attached hydrogens (tertiary/aromatic N) is 2. The quantitative estimate of drug-likeness (QED) is 0.309. The third kappa shape index (κ3) is 4.60. The number of benzene rings is 2. The van der Waals surface area contributed by atoms with Gasteiger partial charge in [0.25, 0.3) is 5.91 Å². The maximum absolute atomic E-state index is 12.0. The van der Waals surface area contributed by atoms with Crippen molar-refractivity contribution in [3.05, 3.63) is 48.0 Å². The van der Waals surface area contributed by atoms with Crippen LogP contribution in [0.4, 0.5) is 5.69 Å². The summed E-state index contributed by atoms with van der Waals surface area (Å²) < 4.78 is 0. The normalized spacial score (nSPS) is 14.6. The molecular formula is C21H22N4O4. The van der Waals surface area contributed by atoms with Gasteiger partial charge in [0.2, 0.25) is 0 Å². The second-order valence-corrected chi connectivity index (χ2v) is 6.62. The van der Waals surface area contributed by atoms with E-state index >= 15 is 0 Å². The van der Waals surface area contributed by atoms with Gasteiger partial charge in [0.15, 0.2) is 5.71 Å². The van der Waals surface area contributed by atoms with Gasteiger partial charge in [-0.3, -0.25) is 10.2 Å². The minimum absolute atomic E-state index is 0.0951. The van der Waals surface area contributed by atoms with Crippen molar-refractivity contribution in [2.45, 2.75) is 32.6 Å². The molecule has 2 aromatic rings. The number of nitrogens with one attached hydrogen (secondary N) is 2. The van der Waals surface area contributed by atoms with Crippen molar-refractivity contribution < 1.29 is 19.8 Å². The number of amides is 1. The molecule has 3 rings (SSSR count). The summed E-state index contributed by atoms with van der Waals surface area (Å²) in [5, 5.41) is 28.0. The minimum atomic E-state index is -1.05. The van der Waals surface area contributed by atoms with E-state index in [2.05, 4.69) is 28.0 Å². The molecule has 4 N–H and O–H groups in total. The number of para-hydroxylation sites is 1. The molecule has 0 saturated heterocycles. The minimum Gasteiger partial charge on any atom is -0.505 e. The number of carbonyl (C=O) groups is 2. The van der Waals surface area contributed by atoms with Gasteiger partial charge in [0.1, 0.15) is 5.75 Å². The van der Waals surface area contributed by atoms with E-state index in [1.807, 2.05) is 0 Å². The van der Waals surface area contributed by atoms with Crippen molar-refractivity contribution in [3.8, 4) is 16.9 Å². The Hall–Kier alpha value is -3.68. The molecule has 0 atom stereocenters. The Bertz CT molecular complexity index is 998. The Morgan fingerprint density at radius 1 is 1.21 bits per heavy atom. The second-order valence-electron chi connectivity index (χ2n) is 6.62. The zero-order valence-corrected chi connectivity index (χ0v) is 16.0. The molecule has 0 bridgehead atoms. The van der Waals surface area contributed by atoms with E-state index in [-0.39, 0.29) is 17.0 Å². The first-order chi connectivity index (χ1) is 14.0. The first-order valence-corrected chi connectivity index (χ1v) is 9.38. The molecule has 150 valence electrons. The summed E-state index contributed by atoms with van der Waals surface area (Å²) >= 11 is 0. The van der Waals surface area contributed by atoms with Crippen molar-refractivity contribution in [2.24, 2.45) is 10.2 Å². The van der Waals surface area contributed by atoms with Crippen LogP contribution < -0.4 is 10.9 Å². The Morgan fingerprint density at radius 3 is 2.76 bits per heavy atom. The van der Waals surface area contributed by atoms with Crippen LogP contribution in [0.1, 0.15) is 43.0 Å². The molecule has 1 aliphatic heterocycles. The zero-order chi connectivity index (χ0) is 20.8. The summed E-state index contributed by atoms with van der Waals surface area (Å²) in [5.74, 6) is -1.54. The molecule has 0 radical (unpaired) electrons. The van der Waals surface area contributed by atoms with Crippen LogP contribution in [0.15, 0.2) is 52.7 Å². The molecule has 0 fully saturated rings. The average Bonchev–Trinajstić information content (AvgIpc) is 3.07. The van der Waals surface area contributed by atoms with Crippen molar-refractivity contribution in [1.82, 2.24) is 5.43 Å². The number of anilines is 1. The number of phenols is 1. The Morgan fingerprint density at radius 2 is 2.00 bits per heavy atom. The first-order valence-electron chi connectivity index (χ1n) is 9.38. The van der Waals surface area contributed by atoms with Gasteiger partial charge in [-0.15, -0.1) is 0 Å². The molecule has 0 aliphatic carbocycles. The number of hydrogen-bond donors (Lipinski definition) is 4. The van der Waals surface area contributed by atoms with Gasteiger partial charge in [0.05, 0.1) is 17.0 Å². The molecule has 0 saturated carbocycles. The third-order valence-electron chi connectivity index (χ3n) is 4.54. The lowest BCUT2D eigenvalue weighted by molar-refractivity contribution is -0.114. The third-order valence-corrected chi connectivity index (χ3v) is 4.54. The fourth-order valence-corrected chi connectivity index (χ4v) is 2.99. The van der Waals surface area contributed by atoms with E-state index in [4.69, 9.17) is 0 Å². The van der Waals surface area contributed by atoms with Crippen LogP contribution in [-0.4, -0.2) is 33.5 Å². The molecule has 0 spiro atoms. The monoisotopic (exact) mass is 394 g/mol. The zero-order valence-electron chi connectivity index (χ0n) is 16.0. The number of rotatable bonds is 8. The summed E-state index contributed by atoms with van der Waals surface area (Å²) in [7, 11) is 0. The lowest BCUT2D eigenvalue weighted by Crippen LogP contribution is -2.24. The smallest absolute Gasteiger partial charge is 0.335 e. The van der Waals surface area contributed by atoms with Crippen molar-refractivity contribution in [1.29, 1.82) is 0 Å². The average molecular weight is 394 g/mol. The molecule has 0 unspecified atom stereocenters. The van der Waals surface area contributed by atoms with E-state index in [1.54, 1.807) is 30.3 Å². The lowest BCUT2D eigenvalue weighted by Gasteiger charge is -2.10. The number of aromatic carboxylic acids is 1. The molecule has 2 aromatic carbocycles. The number of hydrogen-bond acceptors (Lipinski definition) is 6. The van der Waals surface area contributed by atoms with Crippen LogP contribution >= 0.6 is 0 Å². The number of phenolic OH excluding ortho intramolecular Hbond substituents is 1. The summed E-state index contributed by atoms with van der Waals surface area (Å²) in [4.78, 5) is 23.2. The highest BCUT2D eigenvalue weighted by atomic mass is 16.4. The Labute approximate surface area is 168 Å². The number of hydrazone groups is 2. The lowest BCUT2D eigenvalue weighted by atomic mass is 10.0. The van der Waals surface area contributed by atoms with Crippen molar-refractivity contribution >= 4 is 29.0 Å². The first kappa shape index (κ1) is 20.1. The van der Waals surface area contributed by atoms with Crippen LogP contribution in [0.3, 0.4) is 0 Å². The molecule has 1 aliphatic rings. The summed E-state index contributed by atoms with van der Waals surface area (Å²) in [5.41, 5.74) is 7.34. The molecular weight excluding hydrogens is 372 g/mol. The fraction of sp³-hybridized carbons (Fsp3) is 0.238. The van der Waals surface area contributed by atoms with Crippen LogP contribution in [0.2, 0.25) is 0 Å². The van der Waals surface area contributed by atoms with Gasteiger partial charge in [0, 0.05) is 5.56 Å². The molecule has 29 heavy (non-hydrogen) atoms. The number of unbranched alkanes of at least 4 members (excludes halogenated alkanes) is 2. The molecule has 8 nitrogen and oxygen atoms in total. The fourth-order valence-electron chi connectivity index (χ4n) is 2.99. The van der Waals surface area contributed by atoms with Gasteiger partial charge < -0.3 is 10.2 Å². The van der Waals surface area contributed by atoms with E-state index in [1.165, 1.54) is 12.1 Å². The molecule has 8 heteroatoms. The predicted molar refractivity (Wildman–Crippen MR) is 111 cm³/mol. The topological polar surface area (TPSA) is 123 Å². The van der Waals surface area contributed by atoms with Crippen LogP contribution in [0, 0.1) is 0 Å². The number of aromatic hydroxyl groups is 1.